The normalized spacial score (nSPS) is 11.3. The van der Waals surface area contributed by atoms with E-state index in [9.17, 15) is 0 Å². The van der Waals surface area contributed by atoms with Crippen LogP contribution in [0.25, 0.3) is 44.7 Å². The van der Waals surface area contributed by atoms with Crippen molar-refractivity contribution < 1.29 is 0 Å². The van der Waals surface area contributed by atoms with Crippen LogP contribution in [0, 0.1) is 0 Å². The molecule has 6 aromatic heterocycles. The number of hydrogen-bond donors (Lipinski definition) is 0. The second-order valence-corrected chi connectivity index (χ2v) is 6.79. The Balaban J connectivity index is 1.81. The Morgan fingerprint density at radius 3 is 2.43 bits per heavy atom. The van der Waals surface area contributed by atoms with Gasteiger partial charge in [-0.3, -0.25) is 9.97 Å². The van der Waals surface area contributed by atoms with E-state index in [1.165, 1.54) is 0 Å². The Morgan fingerprint density at radius 1 is 0.700 bits per heavy atom. The maximum atomic E-state index is 4.63. The molecule has 0 amide bonds. The van der Waals surface area contributed by atoms with Gasteiger partial charge in [-0.1, -0.05) is 6.07 Å². The quantitative estimate of drug-likeness (QED) is 0.453. The summed E-state index contributed by atoms with van der Waals surface area (Å²) < 4.78 is 4.08. The van der Waals surface area contributed by atoms with E-state index in [1.54, 1.807) is 31.0 Å². The Morgan fingerprint density at radius 2 is 1.57 bits per heavy atom. The fourth-order valence-electron chi connectivity index (χ4n) is 3.86. The molecule has 7 heteroatoms. The second kappa shape index (κ2) is 6.59. The first-order chi connectivity index (χ1) is 14.9. The smallest absolute Gasteiger partial charge is 0.178 e. The molecule has 0 saturated carbocycles. The van der Waals surface area contributed by atoms with Crippen molar-refractivity contribution in [2.45, 2.75) is 0 Å². The summed E-state index contributed by atoms with van der Waals surface area (Å²) in [6, 6.07) is 15.7. The van der Waals surface area contributed by atoms with Crippen LogP contribution in [0.2, 0.25) is 0 Å². The van der Waals surface area contributed by atoms with Gasteiger partial charge in [-0.05, 0) is 42.5 Å². The minimum atomic E-state index is 0.604. The summed E-state index contributed by atoms with van der Waals surface area (Å²) in [5.41, 5.74) is 4.39. The van der Waals surface area contributed by atoms with E-state index in [1.807, 2.05) is 65.6 Å². The van der Waals surface area contributed by atoms with E-state index in [4.69, 9.17) is 0 Å². The van der Waals surface area contributed by atoms with E-state index in [0.717, 1.165) is 38.9 Å². The number of aromatic nitrogens is 7. The highest BCUT2D eigenvalue weighted by molar-refractivity contribution is 6.02. The molecule has 6 aromatic rings. The second-order valence-electron chi connectivity index (χ2n) is 6.79. The standard InChI is InChI=1S/C23H15N7/c1-2-9-25-18(6-1)20-17-7-13-24-15-19(17)30(21(20)22-26-11-4-12-27-22)29-14-8-16-5-3-10-28-23(16)29/h1-15H. The van der Waals surface area contributed by atoms with Crippen LogP contribution in [0.15, 0.2) is 91.9 Å². The average Bonchev–Trinajstić information content (AvgIpc) is 3.39. The zero-order valence-electron chi connectivity index (χ0n) is 15.8. The molecule has 142 valence electrons. The fraction of sp³-hybridized carbons (Fsp3) is 0. The largest absolute Gasteiger partial charge is 0.262 e. The molecular weight excluding hydrogens is 374 g/mol. The summed E-state index contributed by atoms with van der Waals surface area (Å²) in [5, 5.41) is 2.06. The molecule has 0 aromatic carbocycles. The number of hydrogen-bond acceptors (Lipinski definition) is 5. The van der Waals surface area contributed by atoms with Crippen LogP contribution in [0.4, 0.5) is 0 Å². The summed E-state index contributed by atoms with van der Waals surface area (Å²) in [4.78, 5) is 22.8. The lowest BCUT2D eigenvalue weighted by Crippen LogP contribution is -2.11. The van der Waals surface area contributed by atoms with Crippen molar-refractivity contribution in [3.05, 3.63) is 91.9 Å². The highest BCUT2D eigenvalue weighted by Crippen LogP contribution is 2.39. The monoisotopic (exact) mass is 389 g/mol. The van der Waals surface area contributed by atoms with E-state index >= 15 is 0 Å². The molecule has 7 nitrogen and oxygen atoms in total. The lowest BCUT2D eigenvalue weighted by atomic mass is 10.1. The van der Waals surface area contributed by atoms with Crippen molar-refractivity contribution in [2.24, 2.45) is 0 Å². The molecule has 0 fully saturated rings. The number of pyridine rings is 3. The molecule has 0 atom stereocenters. The van der Waals surface area contributed by atoms with Gasteiger partial charge in [0.05, 0.1) is 17.4 Å². The molecule has 0 spiro atoms. The summed E-state index contributed by atoms with van der Waals surface area (Å²) in [6.45, 7) is 0. The van der Waals surface area contributed by atoms with Gasteiger partial charge in [0.15, 0.2) is 11.5 Å². The van der Waals surface area contributed by atoms with Crippen molar-refractivity contribution in [2.75, 3.05) is 0 Å². The zero-order chi connectivity index (χ0) is 19.9. The van der Waals surface area contributed by atoms with E-state index in [2.05, 4.69) is 29.6 Å². The van der Waals surface area contributed by atoms with Gasteiger partial charge < -0.3 is 0 Å². The molecular formula is C23H15N7. The molecule has 0 aliphatic carbocycles. The summed E-state index contributed by atoms with van der Waals surface area (Å²) in [7, 11) is 0. The lowest BCUT2D eigenvalue weighted by Gasteiger charge is -2.13. The summed E-state index contributed by atoms with van der Waals surface area (Å²) in [6.07, 6.45) is 12.7. The Hall–Kier alpha value is -4.39. The SMILES string of the molecule is c1ccc(-c2c(-c3ncccn3)n(-n3ccc4cccnc43)c3cnccc23)nc1. The van der Waals surface area contributed by atoms with Crippen LogP contribution < -0.4 is 0 Å². The van der Waals surface area contributed by atoms with Gasteiger partial charge in [0.1, 0.15) is 5.69 Å². The van der Waals surface area contributed by atoms with Gasteiger partial charge in [-0.25, -0.2) is 24.3 Å². The van der Waals surface area contributed by atoms with Crippen LogP contribution in [0.1, 0.15) is 0 Å². The average molecular weight is 389 g/mol. The van der Waals surface area contributed by atoms with Crippen molar-refractivity contribution >= 4 is 21.9 Å². The number of rotatable bonds is 3. The molecule has 0 radical (unpaired) electrons. The van der Waals surface area contributed by atoms with Gasteiger partial charge in [-0.15, -0.1) is 0 Å². The molecule has 0 saturated heterocycles. The number of nitrogens with zero attached hydrogens (tertiary/aromatic N) is 7. The van der Waals surface area contributed by atoms with Crippen molar-refractivity contribution in [3.8, 4) is 22.8 Å². The predicted molar refractivity (Wildman–Crippen MR) is 115 cm³/mol. The first kappa shape index (κ1) is 16.6. The van der Waals surface area contributed by atoms with Crippen LogP contribution >= 0.6 is 0 Å². The minimum Gasteiger partial charge on any atom is -0.262 e. The molecule has 6 heterocycles. The first-order valence-corrected chi connectivity index (χ1v) is 9.52. The third-order valence-electron chi connectivity index (χ3n) is 5.09. The van der Waals surface area contributed by atoms with Crippen LogP contribution in [0.5, 0.6) is 0 Å². The molecule has 6 rings (SSSR count). The molecule has 0 bridgehead atoms. The van der Waals surface area contributed by atoms with Gasteiger partial charge in [0.25, 0.3) is 0 Å². The maximum Gasteiger partial charge on any atom is 0.178 e. The highest BCUT2D eigenvalue weighted by atomic mass is 15.5. The summed E-state index contributed by atoms with van der Waals surface area (Å²) in [5.74, 6) is 0.604. The van der Waals surface area contributed by atoms with Crippen molar-refractivity contribution in [1.82, 2.24) is 34.3 Å². The topological polar surface area (TPSA) is 74.3 Å². The minimum absolute atomic E-state index is 0.604. The first-order valence-electron chi connectivity index (χ1n) is 9.52. The molecule has 0 N–H and O–H groups in total. The third-order valence-corrected chi connectivity index (χ3v) is 5.09. The van der Waals surface area contributed by atoms with Gasteiger partial charge in [0.2, 0.25) is 0 Å². The molecule has 0 aliphatic rings. The number of fused-ring (bicyclic) bond motifs is 2. The predicted octanol–water partition coefficient (Wildman–Crippen LogP) is 4.22. The Labute approximate surface area is 171 Å². The van der Waals surface area contributed by atoms with Crippen LogP contribution in [0.3, 0.4) is 0 Å². The van der Waals surface area contributed by atoms with Gasteiger partial charge in [0, 0.05) is 53.5 Å². The Bertz CT molecular complexity index is 1480. The van der Waals surface area contributed by atoms with E-state index in [0.29, 0.717) is 5.82 Å². The highest BCUT2D eigenvalue weighted by Gasteiger charge is 2.24. The van der Waals surface area contributed by atoms with Gasteiger partial charge in [-0.2, -0.15) is 0 Å². The molecule has 0 aliphatic heterocycles. The zero-order valence-corrected chi connectivity index (χ0v) is 15.8. The molecule has 30 heavy (non-hydrogen) atoms. The Kier molecular flexibility index (Phi) is 3.64. The maximum absolute atomic E-state index is 4.63. The van der Waals surface area contributed by atoms with Crippen LogP contribution in [-0.4, -0.2) is 34.3 Å². The van der Waals surface area contributed by atoms with Crippen molar-refractivity contribution in [1.29, 1.82) is 0 Å². The van der Waals surface area contributed by atoms with E-state index in [-0.39, 0.29) is 0 Å². The summed E-state index contributed by atoms with van der Waals surface area (Å²) >= 11 is 0. The van der Waals surface area contributed by atoms with Crippen LogP contribution in [-0.2, 0) is 0 Å². The van der Waals surface area contributed by atoms with E-state index < -0.39 is 0 Å². The molecule has 0 unspecified atom stereocenters. The third kappa shape index (κ3) is 2.42. The fourth-order valence-corrected chi connectivity index (χ4v) is 3.86. The van der Waals surface area contributed by atoms with Crippen molar-refractivity contribution in [3.63, 3.8) is 0 Å². The lowest BCUT2D eigenvalue weighted by molar-refractivity contribution is 0.713. The van der Waals surface area contributed by atoms with Gasteiger partial charge >= 0.3 is 0 Å².